The van der Waals surface area contributed by atoms with E-state index in [0.29, 0.717) is 5.69 Å². The lowest BCUT2D eigenvalue weighted by Crippen LogP contribution is -1.92. The third-order valence-electron chi connectivity index (χ3n) is 4.00. The molecule has 112 valence electrons. The number of aldehydes is 1. The Labute approximate surface area is 132 Å². The third-order valence-corrected chi connectivity index (χ3v) is 4.00. The summed E-state index contributed by atoms with van der Waals surface area (Å²) in [5.41, 5.74) is 4.09. The Morgan fingerprint density at radius 1 is 1.04 bits per heavy atom. The number of nitrogens with zero attached hydrogens (tertiary/aromatic N) is 1. The van der Waals surface area contributed by atoms with Gasteiger partial charge >= 0.3 is 0 Å². The maximum atomic E-state index is 11.3. The van der Waals surface area contributed by atoms with Gasteiger partial charge in [0.05, 0.1) is 18.3 Å². The van der Waals surface area contributed by atoms with Crippen molar-refractivity contribution in [2.24, 2.45) is 0 Å². The second-order valence-electron chi connectivity index (χ2n) is 5.34. The average Bonchev–Trinajstić information content (AvgIpc) is 2.99. The van der Waals surface area contributed by atoms with Crippen molar-refractivity contribution in [2.75, 3.05) is 7.11 Å². The fraction of sp³-hybridized carbons (Fsp3) is 0.0526. The number of methoxy groups -OCH3 is 1. The zero-order chi connectivity index (χ0) is 15.8. The molecule has 0 amide bonds. The van der Waals surface area contributed by atoms with Crippen LogP contribution in [0.5, 0.6) is 5.75 Å². The van der Waals surface area contributed by atoms with Crippen LogP contribution in [0.2, 0.25) is 0 Å². The van der Waals surface area contributed by atoms with Crippen molar-refractivity contribution in [1.29, 1.82) is 0 Å². The van der Waals surface area contributed by atoms with Gasteiger partial charge in [-0.1, -0.05) is 18.2 Å². The van der Waals surface area contributed by atoms with E-state index in [2.05, 4.69) is 9.97 Å². The number of ether oxygens (including phenoxy) is 1. The van der Waals surface area contributed by atoms with E-state index in [9.17, 15) is 4.79 Å². The van der Waals surface area contributed by atoms with Crippen LogP contribution < -0.4 is 4.74 Å². The van der Waals surface area contributed by atoms with E-state index in [0.717, 1.165) is 45.1 Å². The number of para-hydroxylation sites is 1. The summed E-state index contributed by atoms with van der Waals surface area (Å²) in [5.74, 6) is 0.785. The predicted octanol–water partition coefficient (Wildman–Crippen LogP) is 4.20. The van der Waals surface area contributed by atoms with Gasteiger partial charge in [-0.05, 0) is 36.4 Å². The maximum absolute atomic E-state index is 11.3. The van der Waals surface area contributed by atoms with E-state index in [1.165, 1.54) is 0 Å². The Hall–Kier alpha value is -3.14. The van der Waals surface area contributed by atoms with Crippen LogP contribution in [-0.4, -0.2) is 23.4 Å². The van der Waals surface area contributed by atoms with Crippen molar-refractivity contribution in [1.82, 2.24) is 9.97 Å². The molecular weight excluding hydrogens is 288 g/mol. The average molecular weight is 302 g/mol. The van der Waals surface area contributed by atoms with Gasteiger partial charge in [-0.3, -0.25) is 4.79 Å². The van der Waals surface area contributed by atoms with Gasteiger partial charge < -0.3 is 9.72 Å². The van der Waals surface area contributed by atoms with Gasteiger partial charge in [-0.25, -0.2) is 4.98 Å². The Bertz CT molecular complexity index is 1020. The molecule has 2 aromatic heterocycles. The van der Waals surface area contributed by atoms with Crippen LogP contribution in [0.1, 0.15) is 10.5 Å². The molecule has 1 N–H and O–H groups in total. The molecule has 4 aromatic rings. The fourth-order valence-corrected chi connectivity index (χ4v) is 2.88. The van der Waals surface area contributed by atoms with Crippen LogP contribution in [0.4, 0.5) is 0 Å². The lowest BCUT2D eigenvalue weighted by molar-refractivity contribution is 0.111. The molecule has 0 atom stereocenters. The molecule has 0 aliphatic heterocycles. The van der Waals surface area contributed by atoms with Crippen LogP contribution in [0.25, 0.3) is 33.1 Å². The fourth-order valence-electron chi connectivity index (χ4n) is 2.88. The molecule has 0 aliphatic rings. The first-order chi connectivity index (χ1) is 11.3. The number of rotatable bonds is 3. The normalized spacial score (nSPS) is 11.0. The molecule has 2 aromatic carbocycles. The van der Waals surface area contributed by atoms with Crippen molar-refractivity contribution in [3.63, 3.8) is 0 Å². The Kier molecular flexibility index (Phi) is 3.08. The van der Waals surface area contributed by atoms with Crippen LogP contribution in [-0.2, 0) is 0 Å². The summed E-state index contributed by atoms with van der Waals surface area (Å²) in [6, 6.07) is 17.5. The molecular formula is C19H14N2O2. The monoisotopic (exact) mass is 302 g/mol. The smallest absolute Gasteiger partial charge is 0.168 e. The first kappa shape index (κ1) is 13.5. The number of pyridine rings is 1. The Balaban J connectivity index is 2.05. The highest BCUT2D eigenvalue weighted by Crippen LogP contribution is 2.32. The minimum absolute atomic E-state index is 0.424. The van der Waals surface area contributed by atoms with E-state index in [4.69, 9.17) is 4.74 Å². The van der Waals surface area contributed by atoms with Crippen LogP contribution in [0.3, 0.4) is 0 Å². The number of benzene rings is 2. The number of nitrogens with one attached hydrogen (secondary N) is 1. The first-order valence-corrected chi connectivity index (χ1v) is 7.31. The summed E-state index contributed by atoms with van der Waals surface area (Å²) in [4.78, 5) is 19.2. The topological polar surface area (TPSA) is 55.0 Å². The Morgan fingerprint density at radius 3 is 2.57 bits per heavy atom. The molecule has 4 nitrogen and oxygen atoms in total. The van der Waals surface area contributed by atoms with Crippen molar-refractivity contribution in [3.8, 4) is 17.0 Å². The Morgan fingerprint density at radius 2 is 1.83 bits per heavy atom. The second kappa shape index (κ2) is 5.25. The van der Waals surface area contributed by atoms with Crippen molar-refractivity contribution < 1.29 is 9.53 Å². The molecule has 0 fully saturated rings. The van der Waals surface area contributed by atoms with Gasteiger partial charge in [-0.15, -0.1) is 0 Å². The lowest BCUT2D eigenvalue weighted by Gasteiger charge is -2.06. The van der Waals surface area contributed by atoms with E-state index >= 15 is 0 Å². The van der Waals surface area contributed by atoms with E-state index in [1.54, 1.807) is 7.11 Å². The molecule has 0 unspecified atom stereocenters. The highest BCUT2D eigenvalue weighted by atomic mass is 16.5. The quantitative estimate of drug-likeness (QED) is 0.577. The van der Waals surface area contributed by atoms with Crippen molar-refractivity contribution >= 4 is 28.1 Å². The summed E-state index contributed by atoms with van der Waals surface area (Å²) in [7, 11) is 1.64. The van der Waals surface area contributed by atoms with Crippen LogP contribution >= 0.6 is 0 Å². The van der Waals surface area contributed by atoms with E-state index < -0.39 is 0 Å². The summed E-state index contributed by atoms with van der Waals surface area (Å²) < 4.78 is 5.20. The van der Waals surface area contributed by atoms with Gasteiger partial charge in [0.25, 0.3) is 0 Å². The summed E-state index contributed by atoms with van der Waals surface area (Å²) in [6.07, 6.45) is 0.786. The number of aromatic amines is 1. The number of fused-ring (bicyclic) bond motifs is 3. The second-order valence-corrected chi connectivity index (χ2v) is 5.34. The predicted molar refractivity (Wildman–Crippen MR) is 91.0 cm³/mol. The molecule has 0 bridgehead atoms. The summed E-state index contributed by atoms with van der Waals surface area (Å²) in [6.45, 7) is 0. The number of carbonyl (C=O) groups is 1. The maximum Gasteiger partial charge on any atom is 0.168 e. The molecule has 4 heteroatoms. The molecule has 0 saturated carbocycles. The SMILES string of the molecule is COc1ccc(-c2nc(C=O)cc3c2[nH]c2ccccc23)cc1. The van der Waals surface area contributed by atoms with Crippen LogP contribution in [0.15, 0.2) is 54.6 Å². The van der Waals surface area contributed by atoms with Crippen molar-refractivity contribution in [3.05, 3.63) is 60.3 Å². The molecule has 0 radical (unpaired) electrons. The first-order valence-electron chi connectivity index (χ1n) is 7.31. The zero-order valence-electron chi connectivity index (χ0n) is 12.5. The number of hydrogen-bond acceptors (Lipinski definition) is 3. The molecule has 0 spiro atoms. The highest BCUT2D eigenvalue weighted by molar-refractivity contribution is 6.12. The third kappa shape index (κ3) is 2.16. The summed E-state index contributed by atoms with van der Waals surface area (Å²) in [5, 5.41) is 2.09. The summed E-state index contributed by atoms with van der Waals surface area (Å²) >= 11 is 0. The largest absolute Gasteiger partial charge is 0.497 e. The van der Waals surface area contributed by atoms with Gasteiger partial charge in [-0.2, -0.15) is 0 Å². The number of H-pyrrole nitrogens is 1. The van der Waals surface area contributed by atoms with E-state index in [-0.39, 0.29) is 0 Å². The number of hydrogen-bond donors (Lipinski definition) is 1. The highest BCUT2D eigenvalue weighted by Gasteiger charge is 2.13. The standard InChI is InChI=1S/C19H14N2O2/c1-23-14-8-6-12(7-9-14)18-19-16(10-13(11-22)20-18)15-4-2-3-5-17(15)21-19/h2-11,21H,1H3. The van der Waals surface area contributed by atoms with Crippen molar-refractivity contribution in [2.45, 2.75) is 0 Å². The number of aromatic nitrogens is 2. The van der Waals surface area contributed by atoms with Crippen LogP contribution in [0, 0.1) is 0 Å². The molecule has 23 heavy (non-hydrogen) atoms. The minimum atomic E-state index is 0.424. The minimum Gasteiger partial charge on any atom is -0.497 e. The van der Waals surface area contributed by atoms with Gasteiger partial charge in [0.2, 0.25) is 0 Å². The molecule has 4 rings (SSSR count). The van der Waals surface area contributed by atoms with E-state index in [1.807, 2.05) is 54.6 Å². The lowest BCUT2D eigenvalue weighted by atomic mass is 10.1. The molecule has 2 heterocycles. The number of carbonyl (C=O) groups excluding carboxylic acids is 1. The molecule has 0 saturated heterocycles. The zero-order valence-corrected chi connectivity index (χ0v) is 12.5. The van der Waals surface area contributed by atoms with Gasteiger partial charge in [0.15, 0.2) is 6.29 Å². The molecule has 0 aliphatic carbocycles. The van der Waals surface area contributed by atoms with Gasteiger partial charge in [0, 0.05) is 21.9 Å². The van der Waals surface area contributed by atoms with Gasteiger partial charge in [0.1, 0.15) is 11.4 Å².